The highest BCUT2D eigenvalue weighted by molar-refractivity contribution is 7.18. The largest absolute Gasteiger partial charge is 0.309 e. The molecule has 147 heavy (non-hydrogen) atoms. The van der Waals surface area contributed by atoms with Crippen molar-refractivity contribution in [3.05, 3.63) is 493 Å². The summed E-state index contributed by atoms with van der Waals surface area (Å²) in [6, 6.07) is 154. The molecule has 15 heterocycles. The number of para-hydroxylation sites is 3. The molecule has 0 N–H and O–H groups in total. The summed E-state index contributed by atoms with van der Waals surface area (Å²) < 4.78 is 14.4. The van der Waals surface area contributed by atoms with E-state index in [2.05, 4.69) is 398 Å². The van der Waals surface area contributed by atoms with E-state index in [0.29, 0.717) is 0 Å². The summed E-state index contributed by atoms with van der Waals surface area (Å²) in [6.07, 6.45) is 17.2. The molecule has 0 saturated carbocycles. The number of fused-ring (bicyclic) bond motifs is 20. The smallest absolute Gasteiger partial charge is 0.125 e. The van der Waals surface area contributed by atoms with Crippen LogP contribution in [0.5, 0.6) is 0 Å². The van der Waals surface area contributed by atoms with Gasteiger partial charge >= 0.3 is 0 Å². The van der Waals surface area contributed by atoms with Crippen molar-refractivity contribution in [2.45, 2.75) is 0 Å². The summed E-state index contributed by atoms with van der Waals surface area (Å²) in [5.74, 6) is 0. The van der Waals surface area contributed by atoms with Crippen LogP contribution in [0.3, 0.4) is 0 Å². The fourth-order valence-electron chi connectivity index (χ4n) is 21.4. The van der Waals surface area contributed by atoms with Crippen molar-refractivity contribution in [3.63, 3.8) is 0 Å². The van der Waals surface area contributed by atoms with Crippen LogP contribution in [0.1, 0.15) is 0 Å². The van der Waals surface area contributed by atoms with Crippen LogP contribution >= 0.6 is 34.0 Å². The Kier molecular flexibility index (Phi) is 21.1. The molecular formula is C129H81N15S3. The first kappa shape index (κ1) is 85.8. The average Bonchev–Trinajstić information content (AvgIpc) is 1.54. The summed E-state index contributed by atoms with van der Waals surface area (Å²) >= 11 is 5.14. The van der Waals surface area contributed by atoms with E-state index in [1.807, 2.05) is 147 Å². The Labute approximate surface area is 854 Å². The van der Waals surface area contributed by atoms with Gasteiger partial charge in [0, 0.05) is 169 Å². The Bertz CT molecular complexity index is 10300. The van der Waals surface area contributed by atoms with Crippen LogP contribution in [0.4, 0.5) is 0 Å². The molecule has 18 heteroatoms. The quantitative estimate of drug-likeness (QED) is 0.0979. The molecule has 15 aromatic carbocycles. The second kappa shape index (κ2) is 36.1. The molecule has 690 valence electrons. The van der Waals surface area contributed by atoms with Gasteiger partial charge in [0.15, 0.2) is 0 Å². The lowest BCUT2D eigenvalue weighted by Gasteiger charge is -2.09. The van der Waals surface area contributed by atoms with Crippen LogP contribution in [-0.4, -0.2) is 72.3 Å². The number of benzene rings is 15. The van der Waals surface area contributed by atoms with Crippen LogP contribution in [0.2, 0.25) is 0 Å². The second-order valence-corrected chi connectivity index (χ2v) is 39.4. The zero-order valence-corrected chi connectivity index (χ0v) is 81.1. The van der Waals surface area contributed by atoms with Gasteiger partial charge in [-0.2, -0.15) is 0 Å². The van der Waals surface area contributed by atoms with Gasteiger partial charge in [-0.3, -0.25) is 43.6 Å². The Morgan fingerprint density at radius 2 is 0.395 bits per heavy atom. The molecule has 30 rings (SSSR count). The van der Waals surface area contributed by atoms with Gasteiger partial charge in [0.1, 0.15) is 30.0 Å². The molecule has 0 fully saturated rings. The van der Waals surface area contributed by atoms with Gasteiger partial charge in [0.2, 0.25) is 0 Å². The molecule has 0 atom stereocenters. The van der Waals surface area contributed by atoms with Crippen LogP contribution in [0, 0.1) is 0 Å². The highest BCUT2D eigenvalue weighted by Gasteiger charge is 2.29. The normalized spacial score (nSPS) is 11.7. The third-order valence-electron chi connectivity index (χ3n) is 28.0. The topological polar surface area (TPSA) is 146 Å². The number of hydrogen-bond donors (Lipinski definition) is 0. The molecule has 0 saturated heterocycles. The molecular weight excluding hydrogens is 1860 g/mol. The molecule has 0 unspecified atom stereocenters. The highest BCUT2D eigenvalue weighted by atomic mass is 32.1. The summed E-state index contributed by atoms with van der Waals surface area (Å²) in [7, 11) is 0. The monoisotopic (exact) mass is 1940 g/mol. The second-order valence-electron chi connectivity index (χ2n) is 36.4. The molecule has 15 aromatic heterocycles. The van der Waals surface area contributed by atoms with Crippen molar-refractivity contribution >= 4 is 165 Å². The van der Waals surface area contributed by atoms with E-state index < -0.39 is 0 Å². The van der Waals surface area contributed by atoms with Crippen molar-refractivity contribution in [2.75, 3.05) is 0 Å². The lowest BCUT2D eigenvalue weighted by atomic mass is 10.0. The van der Waals surface area contributed by atoms with Crippen LogP contribution < -0.4 is 0 Å². The van der Waals surface area contributed by atoms with Gasteiger partial charge < -0.3 is 13.7 Å². The zero-order valence-electron chi connectivity index (χ0n) is 78.7. The Morgan fingerprint density at radius 1 is 0.150 bits per heavy atom. The van der Waals surface area contributed by atoms with Gasteiger partial charge in [0.05, 0.1) is 119 Å². The Balaban J connectivity index is 0.000000107. The average molecular weight is 1940 g/mol. The van der Waals surface area contributed by atoms with E-state index in [1.165, 1.54) is 75.7 Å². The first-order valence-electron chi connectivity index (χ1n) is 48.8. The lowest BCUT2D eigenvalue weighted by Crippen LogP contribution is -1.94. The SMILES string of the molecule is c1ccc(-c2ncc(-n3c4ccc(-c5ccccn5)cc4c4c3ccc3c5cc(-c6ccccn6)ccc5n(-c5ccccc5)c34)s2)cc1.c1ccc(-c2ncc(-n3c4ccc(-c5ccccn5)cc4c4cc5c(cc43)c3cc(-c4ccccn4)ccc3n5-c3ccccc3)s2)cc1.c1ccc(-c2ncc(-n3c4ccc(-c5ccccn5)cc4c4ccc5c(c6ccc(-c7ccccn7)cc6n5-c5ccccc5)c43)s2)cc1. The van der Waals surface area contributed by atoms with E-state index in [4.69, 9.17) is 19.9 Å². The molecule has 0 amide bonds. The maximum absolute atomic E-state index is 4.94. The van der Waals surface area contributed by atoms with Crippen LogP contribution in [-0.2, 0) is 0 Å². The molecule has 0 aliphatic heterocycles. The number of rotatable bonds is 15. The van der Waals surface area contributed by atoms with E-state index in [9.17, 15) is 0 Å². The van der Waals surface area contributed by atoms with Crippen molar-refractivity contribution < 1.29 is 0 Å². The van der Waals surface area contributed by atoms with Gasteiger partial charge in [-0.1, -0.05) is 271 Å². The fourth-order valence-corrected chi connectivity index (χ4v) is 24.3. The first-order chi connectivity index (χ1) is 72.9. The molecule has 0 bridgehead atoms. The first-order valence-corrected chi connectivity index (χ1v) is 51.3. The summed E-state index contributed by atoms with van der Waals surface area (Å²) in [5.41, 5.74) is 32.7. The molecule has 15 nitrogen and oxygen atoms in total. The van der Waals surface area contributed by atoms with Crippen LogP contribution in [0.25, 0.3) is 262 Å². The fraction of sp³-hybridized carbons (Fsp3) is 0. The maximum atomic E-state index is 4.94. The van der Waals surface area contributed by atoms with Gasteiger partial charge in [-0.25, -0.2) is 15.0 Å². The Morgan fingerprint density at radius 3 is 0.776 bits per heavy atom. The van der Waals surface area contributed by atoms with Crippen molar-refractivity contribution in [3.8, 4) is 131 Å². The summed E-state index contributed by atoms with van der Waals surface area (Å²) in [5, 5.41) is 20.4. The predicted octanol–water partition coefficient (Wildman–Crippen LogP) is 33.4. The van der Waals surface area contributed by atoms with Crippen LogP contribution in [0.15, 0.2) is 493 Å². The summed E-state index contributed by atoms with van der Waals surface area (Å²) in [6.45, 7) is 0. The molecule has 0 radical (unpaired) electrons. The van der Waals surface area contributed by atoms with Gasteiger partial charge in [0.25, 0.3) is 0 Å². The molecule has 30 aromatic rings. The standard InChI is InChI=1S/3C43H27N5S/c1-3-11-28(12-4-1)43-46-27-40(49-43)48-38-21-18-30(36-16-8-10-24-45-36)26-34(38)41-39(48)22-19-32-33-25-29(35-15-7-9-23-44-35)17-20-37(33)47(42(32)41)31-13-5-2-6-14-31;1-3-11-28(12-4-1)43-46-27-40(49-43)48-37-21-18-29(35-15-7-9-23-44-35)25-34(37)32-20-22-38-41(42(32)48)33-19-17-30(36-16-8-10-24-45-36)26-39(33)47(38)31-13-5-2-6-14-31;1-3-11-28(12-4-1)43-46-27-42(49-43)48-39-20-18-30(37-16-8-10-22-45-37)24-33(39)35-25-40-34(26-41(35)48)32-23-29(36-15-7-9-21-44-36)17-19-38(32)47(40)31-13-5-2-6-14-31/h3*1-27H. The van der Waals surface area contributed by atoms with Gasteiger partial charge in [-0.05, 0) is 200 Å². The minimum atomic E-state index is 0.949. The highest BCUT2D eigenvalue weighted by Crippen LogP contribution is 2.50. The van der Waals surface area contributed by atoms with E-state index in [-0.39, 0.29) is 0 Å². The maximum Gasteiger partial charge on any atom is 0.125 e. The number of thiazole rings is 3. The number of pyridine rings is 6. The van der Waals surface area contributed by atoms with E-state index in [1.54, 1.807) is 34.0 Å². The molecule has 0 aliphatic carbocycles. The molecule has 0 aliphatic rings. The van der Waals surface area contributed by atoms with Gasteiger partial charge in [-0.15, -0.1) is 0 Å². The number of nitrogens with zero attached hydrogens (tertiary/aromatic N) is 15. The third-order valence-corrected chi connectivity index (χ3v) is 31.1. The lowest BCUT2D eigenvalue weighted by molar-refractivity contribution is 1.18. The van der Waals surface area contributed by atoms with Crippen molar-refractivity contribution in [1.29, 1.82) is 0 Å². The summed E-state index contributed by atoms with van der Waals surface area (Å²) in [4.78, 5) is 42.8. The van der Waals surface area contributed by atoms with E-state index >= 15 is 0 Å². The van der Waals surface area contributed by atoms with Crippen molar-refractivity contribution in [2.24, 2.45) is 0 Å². The third kappa shape index (κ3) is 14.9. The number of hydrogen-bond acceptors (Lipinski definition) is 12. The van der Waals surface area contributed by atoms with E-state index in [0.717, 1.165) is 186 Å². The number of aromatic nitrogens is 15. The predicted molar refractivity (Wildman–Crippen MR) is 608 cm³/mol. The van der Waals surface area contributed by atoms with Crippen molar-refractivity contribution in [1.82, 2.24) is 72.3 Å². The molecule has 0 spiro atoms. The zero-order chi connectivity index (χ0) is 96.9. The minimum Gasteiger partial charge on any atom is -0.309 e. The Hall–Kier alpha value is -19.1. The minimum absolute atomic E-state index is 0.949.